The molecule has 1 saturated carbocycles. The van der Waals surface area contributed by atoms with Gasteiger partial charge >= 0.3 is 0 Å². The van der Waals surface area contributed by atoms with Crippen LogP contribution in [0.2, 0.25) is 0 Å². The Morgan fingerprint density at radius 1 is 1.57 bits per heavy atom. The Balaban J connectivity index is 1.84. The van der Waals surface area contributed by atoms with Gasteiger partial charge in [0, 0.05) is 6.54 Å². The molecule has 1 aromatic rings. The quantitative estimate of drug-likeness (QED) is 0.769. The van der Waals surface area contributed by atoms with Crippen molar-refractivity contribution in [3.05, 3.63) is 18.3 Å². The zero-order valence-corrected chi connectivity index (χ0v) is 8.75. The van der Waals surface area contributed by atoms with Gasteiger partial charge < -0.3 is 11.1 Å². The van der Waals surface area contributed by atoms with Gasteiger partial charge in [0.1, 0.15) is 5.82 Å². The average Bonchev–Trinajstić information content (AvgIpc) is 2.73. The maximum atomic E-state index is 5.50. The number of nitrogens with two attached hydrogens (primary N) is 1. The minimum Gasteiger partial charge on any atom is -0.384 e. The van der Waals surface area contributed by atoms with E-state index in [9.17, 15) is 0 Å². The van der Waals surface area contributed by atoms with E-state index in [1.807, 2.05) is 12.1 Å². The van der Waals surface area contributed by atoms with Gasteiger partial charge in [0.25, 0.3) is 0 Å². The predicted molar refractivity (Wildman–Crippen MR) is 59.0 cm³/mol. The molecule has 0 spiro atoms. The molecule has 0 saturated heterocycles. The van der Waals surface area contributed by atoms with E-state index >= 15 is 0 Å². The minimum absolute atomic E-state index is 0.536. The molecule has 0 aliphatic heterocycles. The average molecular weight is 191 g/mol. The van der Waals surface area contributed by atoms with E-state index in [0.717, 1.165) is 18.2 Å². The summed E-state index contributed by atoms with van der Waals surface area (Å²) in [4.78, 5) is 4.03. The molecule has 1 aromatic heterocycles. The number of hydrogen-bond acceptors (Lipinski definition) is 3. The zero-order valence-electron chi connectivity index (χ0n) is 8.75. The van der Waals surface area contributed by atoms with Crippen molar-refractivity contribution in [3.8, 4) is 0 Å². The molecule has 0 aromatic carbocycles. The van der Waals surface area contributed by atoms with Crippen LogP contribution in [0.15, 0.2) is 18.3 Å². The van der Waals surface area contributed by atoms with Crippen molar-refractivity contribution in [2.45, 2.75) is 20.3 Å². The van der Waals surface area contributed by atoms with Gasteiger partial charge in [0.15, 0.2) is 0 Å². The van der Waals surface area contributed by atoms with Crippen LogP contribution in [-0.4, -0.2) is 11.5 Å². The van der Waals surface area contributed by atoms with E-state index in [-0.39, 0.29) is 0 Å². The molecular formula is C11H17N3. The molecule has 1 atom stereocenters. The fourth-order valence-electron chi connectivity index (χ4n) is 1.68. The molecule has 1 heterocycles. The summed E-state index contributed by atoms with van der Waals surface area (Å²) < 4.78 is 0. The van der Waals surface area contributed by atoms with Crippen LogP contribution in [0.3, 0.4) is 0 Å². The number of nitrogen functional groups attached to an aromatic ring is 1. The Kier molecular flexibility index (Phi) is 2.10. The molecule has 1 fully saturated rings. The minimum atomic E-state index is 0.536. The lowest BCUT2D eigenvalue weighted by Crippen LogP contribution is -2.07. The van der Waals surface area contributed by atoms with Crippen LogP contribution < -0.4 is 11.1 Å². The maximum Gasteiger partial charge on any atom is 0.123 e. The number of rotatable bonds is 3. The van der Waals surface area contributed by atoms with Crippen LogP contribution in [0, 0.1) is 11.3 Å². The van der Waals surface area contributed by atoms with E-state index < -0.39 is 0 Å². The van der Waals surface area contributed by atoms with E-state index in [1.165, 1.54) is 6.42 Å². The molecule has 76 valence electrons. The Hall–Kier alpha value is -1.25. The van der Waals surface area contributed by atoms with Gasteiger partial charge in [-0.1, -0.05) is 13.8 Å². The molecular weight excluding hydrogens is 174 g/mol. The second-order valence-electron chi connectivity index (χ2n) is 4.74. The molecule has 0 amide bonds. The van der Waals surface area contributed by atoms with Gasteiger partial charge in [-0.3, -0.25) is 0 Å². The highest BCUT2D eigenvalue weighted by Gasteiger charge is 2.44. The summed E-state index contributed by atoms with van der Waals surface area (Å²) in [5.74, 6) is 1.38. The van der Waals surface area contributed by atoms with Crippen molar-refractivity contribution in [3.63, 3.8) is 0 Å². The van der Waals surface area contributed by atoms with Gasteiger partial charge in [-0.2, -0.15) is 0 Å². The Bertz CT molecular complexity index is 316. The molecule has 3 nitrogen and oxygen atoms in total. The number of aromatic nitrogens is 1. The van der Waals surface area contributed by atoms with Crippen LogP contribution >= 0.6 is 0 Å². The standard InChI is InChI=1S/C11H17N3/c1-11(2)5-8(11)6-13-9-3-4-10(12)14-7-9/h3-4,7-8,13H,5-6H2,1-2H3,(H2,12,14). The van der Waals surface area contributed by atoms with Crippen molar-refractivity contribution in [1.29, 1.82) is 0 Å². The van der Waals surface area contributed by atoms with Crippen LogP contribution in [0.1, 0.15) is 20.3 Å². The summed E-state index contributed by atoms with van der Waals surface area (Å²) >= 11 is 0. The second-order valence-corrected chi connectivity index (χ2v) is 4.74. The summed E-state index contributed by atoms with van der Waals surface area (Å²) in [6.07, 6.45) is 3.10. The molecule has 0 radical (unpaired) electrons. The molecule has 2 rings (SSSR count). The Morgan fingerprint density at radius 3 is 2.79 bits per heavy atom. The molecule has 14 heavy (non-hydrogen) atoms. The van der Waals surface area contributed by atoms with Crippen molar-refractivity contribution in [1.82, 2.24) is 4.98 Å². The van der Waals surface area contributed by atoms with Crippen molar-refractivity contribution < 1.29 is 0 Å². The summed E-state index contributed by atoms with van der Waals surface area (Å²) in [5.41, 5.74) is 7.09. The lowest BCUT2D eigenvalue weighted by Gasteiger charge is -2.07. The second kappa shape index (κ2) is 3.15. The maximum absolute atomic E-state index is 5.50. The first-order valence-electron chi connectivity index (χ1n) is 5.03. The molecule has 1 aliphatic rings. The third kappa shape index (κ3) is 1.97. The van der Waals surface area contributed by atoms with Crippen LogP contribution in [0.5, 0.6) is 0 Å². The number of anilines is 2. The first kappa shape index (κ1) is 9.31. The lowest BCUT2D eigenvalue weighted by atomic mass is 10.1. The highest BCUT2D eigenvalue weighted by molar-refractivity contribution is 5.45. The van der Waals surface area contributed by atoms with Crippen LogP contribution in [-0.2, 0) is 0 Å². The van der Waals surface area contributed by atoms with Gasteiger partial charge in [-0.25, -0.2) is 4.98 Å². The van der Waals surface area contributed by atoms with Crippen molar-refractivity contribution >= 4 is 11.5 Å². The normalized spacial score (nSPS) is 23.1. The third-order valence-electron chi connectivity index (χ3n) is 3.06. The molecule has 3 heteroatoms. The van der Waals surface area contributed by atoms with E-state index in [1.54, 1.807) is 6.20 Å². The van der Waals surface area contributed by atoms with Crippen molar-refractivity contribution in [2.75, 3.05) is 17.6 Å². The topological polar surface area (TPSA) is 50.9 Å². The SMILES string of the molecule is CC1(C)CC1CNc1ccc(N)nc1. The fourth-order valence-corrected chi connectivity index (χ4v) is 1.68. The third-order valence-corrected chi connectivity index (χ3v) is 3.06. The zero-order chi connectivity index (χ0) is 10.2. The fraction of sp³-hybridized carbons (Fsp3) is 0.545. The summed E-state index contributed by atoms with van der Waals surface area (Å²) in [6, 6.07) is 3.79. The van der Waals surface area contributed by atoms with E-state index in [4.69, 9.17) is 5.73 Å². The summed E-state index contributed by atoms with van der Waals surface area (Å²) in [7, 11) is 0. The van der Waals surface area contributed by atoms with Gasteiger partial charge in [0.2, 0.25) is 0 Å². The van der Waals surface area contributed by atoms with Gasteiger partial charge in [0.05, 0.1) is 11.9 Å². The number of nitrogens with zero attached hydrogens (tertiary/aromatic N) is 1. The van der Waals surface area contributed by atoms with E-state index in [0.29, 0.717) is 11.2 Å². The van der Waals surface area contributed by atoms with Crippen molar-refractivity contribution in [2.24, 2.45) is 11.3 Å². The highest BCUT2D eigenvalue weighted by Crippen LogP contribution is 2.51. The molecule has 3 N–H and O–H groups in total. The summed E-state index contributed by atoms with van der Waals surface area (Å²) in [5, 5.41) is 3.37. The summed E-state index contributed by atoms with van der Waals surface area (Å²) in [6.45, 7) is 5.65. The van der Waals surface area contributed by atoms with Gasteiger partial charge in [-0.05, 0) is 29.9 Å². The smallest absolute Gasteiger partial charge is 0.123 e. The first-order chi connectivity index (χ1) is 6.58. The molecule has 0 bridgehead atoms. The Labute approximate surface area is 84.7 Å². The van der Waals surface area contributed by atoms with E-state index in [2.05, 4.69) is 24.1 Å². The van der Waals surface area contributed by atoms with Gasteiger partial charge in [-0.15, -0.1) is 0 Å². The largest absolute Gasteiger partial charge is 0.384 e. The monoisotopic (exact) mass is 191 g/mol. The molecule has 1 unspecified atom stereocenters. The van der Waals surface area contributed by atoms with Crippen LogP contribution in [0.25, 0.3) is 0 Å². The number of nitrogens with one attached hydrogen (secondary N) is 1. The highest BCUT2D eigenvalue weighted by atomic mass is 14.9. The molecule has 1 aliphatic carbocycles. The number of hydrogen-bond donors (Lipinski definition) is 2. The lowest BCUT2D eigenvalue weighted by molar-refractivity contribution is 0.573. The Morgan fingerprint density at radius 2 is 2.29 bits per heavy atom. The number of pyridine rings is 1. The first-order valence-corrected chi connectivity index (χ1v) is 5.03. The predicted octanol–water partition coefficient (Wildman–Crippen LogP) is 2.12. The van der Waals surface area contributed by atoms with Crippen LogP contribution in [0.4, 0.5) is 11.5 Å².